The van der Waals surface area contributed by atoms with E-state index in [2.05, 4.69) is 23.4 Å². The Bertz CT molecular complexity index is 359. The Labute approximate surface area is 100 Å². The second-order valence-corrected chi connectivity index (χ2v) is 4.65. The number of aryl methyl sites for hydroxylation is 1. The normalized spacial score (nSPS) is 11.0. The van der Waals surface area contributed by atoms with Crippen LogP contribution >= 0.6 is 11.8 Å². The number of aromatic nitrogens is 2. The van der Waals surface area contributed by atoms with Gasteiger partial charge in [0.2, 0.25) is 0 Å². The molecule has 0 fully saturated rings. The molecule has 5 heteroatoms. The van der Waals surface area contributed by atoms with Gasteiger partial charge in [0.1, 0.15) is 0 Å². The van der Waals surface area contributed by atoms with Crippen molar-refractivity contribution >= 4 is 17.7 Å². The number of nitrogens with zero attached hydrogens (tertiary/aromatic N) is 2. The molecular formula is C11H18N2O2S. The van der Waals surface area contributed by atoms with Crippen molar-refractivity contribution in [2.24, 2.45) is 0 Å². The fraction of sp³-hybridized carbons (Fsp3) is 0.636. The van der Waals surface area contributed by atoms with Crippen LogP contribution in [0.1, 0.15) is 38.4 Å². The summed E-state index contributed by atoms with van der Waals surface area (Å²) in [5.41, 5.74) is 1.10. The largest absolute Gasteiger partial charge is 0.481 e. The maximum absolute atomic E-state index is 10.5. The first-order chi connectivity index (χ1) is 7.60. The Balaban J connectivity index is 2.88. The summed E-state index contributed by atoms with van der Waals surface area (Å²) in [6.07, 6.45) is 3.88. The number of aliphatic carboxylic acids is 1. The van der Waals surface area contributed by atoms with Crippen molar-refractivity contribution in [1.29, 1.82) is 0 Å². The number of rotatable bonds is 6. The molecule has 0 unspecified atom stereocenters. The van der Waals surface area contributed by atoms with Gasteiger partial charge in [-0.15, -0.1) is 0 Å². The number of hydrogen-bond acceptors (Lipinski definition) is 3. The molecule has 0 aliphatic heterocycles. The van der Waals surface area contributed by atoms with Gasteiger partial charge in [0.15, 0.2) is 5.16 Å². The number of carboxylic acids is 1. The van der Waals surface area contributed by atoms with Gasteiger partial charge >= 0.3 is 5.97 Å². The highest BCUT2D eigenvalue weighted by atomic mass is 32.2. The standard InChI is InChI=1S/C11H18N2O2S/c1-4-9(5-2)13-8(3)6-12-11(13)16-7-10(14)15/h6,9H,4-5,7H2,1-3H3,(H,14,15). The third-order valence-electron chi connectivity index (χ3n) is 2.58. The average molecular weight is 242 g/mol. The van der Waals surface area contributed by atoms with Crippen molar-refractivity contribution in [3.05, 3.63) is 11.9 Å². The van der Waals surface area contributed by atoms with Crippen LogP contribution in [0.5, 0.6) is 0 Å². The van der Waals surface area contributed by atoms with Crippen molar-refractivity contribution < 1.29 is 9.90 Å². The van der Waals surface area contributed by atoms with Gasteiger partial charge < -0.3 is 9.67 Å². The molecule has 0 aliphatic carbocycles. The van der Waals surface area contributed by atoms with Crippen molar-refractivity contribution in [3.8, 4) is 0 Å². The first kappa shape index (κ1) is 13.1. The quantitative estimate of drug-likeness (QED) is 0.779. The molecule has 0 saturated carbocycles. The lowest BCUT2D eigenvalue weighted by Crippen LogP contribution is -2.11. The summed E-state index contributed by atoms with van der Waals surface area (Å²) in [4.78, 5) is 14.8. The fourth-order valence-corrected chi connectivity index (χ4v) is 2.57. The van der Waals surface area contributed by atoms with Crippen LogP contribution < -0.4 is 0 Å². The molecule has 0 spiro atoms. The van der Waals surface area contributed by atoms with Gasteiger partial charge in [-0.05, 0) is 19.8 Å². The highest BCUT2D eigenvalue weighted by molar-refractivity contribution is 7.99. The zero-order valence-electron chi connectivity index (χ0n) is 9.93. The molecule has 0 bridgehead atoms. The van der Waals surface area contributed by atoms with E-state index >= 15 is 0 Å². The maximum Gasteiger partial charge on any atom is 0.313 e. The van der Waals surface area contributed by atoms with Crippen LogP contribution in [-0.2, 0) is 4.79 Å². The smallest absolute Gasteiger partial charge is 0.313 e. The van der Waals surface area contributed by atoms with Gasteiger partial charge in [0.25, 0.3) is 0 Å². The number of hydrogen-bond donors (Lipinski definition) is 1. The van der Waals surface area contributed by atoms with Gasteiger partial charge in [-0.3, -0.25) is 4.79 Å². The van der Waals surface area contributed by atoms with E-state index in [0.717, 1.165) is 23.7 Å². The SMILES string of the molecule is CCC(CC)n1c(C)cnc1SCC(=O)O. The molecule has 0 aromatic carbocycles. The maximum atomic E-state index is 10.5. The molecule has 1 aromatic heterocycles. The molecule has 1 aromatic rings. The molecule has 0 aliphatic rings. The topological polar surface area (TPSA) is 55.1 Å². The third-order valence-corrected chi connectivity index (χ3v) is 3.53. The van der Waals surface area contributed by atoms with Crippen LogP contribution in [0.2, 0.25) is 0 Å². The van der Waals surface area contributed by atoms with Gasteiger partial charge in [-0.1, -0.05) is 25.6 Å². The van der Waals surface area contributed by atoms with E-state index in [-0.39, 0.29) is 5.75 Å². The monoisotopic (exact) mass is 242 g/mol. The van der Waals surface area contributed by atoms with Crippen LogP contribution in [-0.4, -0.2) is 26.4 Å². The van der Waals surface area contributed by atoms with E-state index < -0.39 is 5.97 Å². The first-order valence-electron chi connectivity index (χ1n) is 5.48. The first-order valence-corrected chi connectivity index (χ1v) is 6.47. The molecule has 0 atom stereocenters. The zero-order valence-corrected chi connectivity index (χ0v) is 10.8. The minimum Gasteiger partial charge on any atom is -0.481 e. The van der Waals surface area contributed by atoms with E-state index in [9.17, 15) is 4.79 Å². The Hall–Kier alpha value is -0.970. The molecule has 0 radical (unpaired) electrons. The Morgan fingerprint density at radius 2 is 2.19 bits per heavy atom. The number of thioether (sulfide) groups is 1. The van der Waals surface area contributed by atoms with Crippen molar-refractivity contribution in [1.82, 2.24) is 9.55 Å². The molecule has 1 N–H and O–H groups in total. The second-order valence-electron chi connectivity index (χ2n) is 3.70. The Kier molecular flexibility index (Phi) is 4.86. The molecule has 0 saturated heterocycles. The lowest BCUT2D eigenvalue weighted by molar-refractivity contribution is -0.133. The number of carboxylic acid groups (broad SMARTS) is 1. The number of imidazole rings is 1. The summed E-state index contributed by atoms with van der Waals surface area (Å²) in [6, 6.07) is 0.416. The van der Waals surface area contributed by atoms with Gasteiger partial charge in [-0.2, -0.15) is 0 Å². The van der Waals surface area contributed by atoms with E-state index in [0.29, 0.717) is 6.04 Å². The zero-order chi connectivity index (χ0) is 12.1. The van der Waals surface area contributed by atoms with Gasteiger partial charge in [0, 0.05) is 17.9 Å². The van der Waals surface area contributed by atoms with Crippen LogP contribution in [0.25, 0.3) is 0 Å². The highest BCUT2D eigenvalue weighted by Crippen LogP contribution is 2.26. The van der Waals surface area contributed by atoms with Crippen LogP contribution in [0.4, 0.5) is 0 Å². The van der Waals surface area contributed by atoms with Crippen molar-refractivity contribution in [2.45, 2.75) is 44.8 Å². The van der Waals surface area contributed by atoms with Crippen LogP contribution in [0.3, 0.4) is 0 Å². The molecule has 1 heterocycles. The van der Waals surface area contributed by atoms with Gasteiger partial charge in [0.05, 0.1) is 5.75 Å². The summed E-state index contributed by atoms with van der Waals surface area (Å²) in [5.74, 6) is -0.738. The third kappa shape index (κ3) is 3.01. The molecule has 1 rings (SSSR count). The fourth-order valence-electron chi connectivity index (χ4n) is 1.75. The van der Waals surface area contributed by atoms with Crippen LogP contribution in [0, 0.1) is 6.92 Å². The minimum atomic E-state index is -0.804. The molecule has 90 valence electrons. The molecular weight excluding hydrogens is 224 g/mol. The number of carbonyl (C=O) groups is 1. The summed E-state index contributed by atoms with van der Waals surface area (Å²) in [7, 11) is 0. The lowest BCUT2D eigenvalue weighted by Gasteiger charge is -2.18. The summed E-state index contributed by atoms with van der Waals surface area (Å²) in [5, 5.41) is 9.48. The molecule has 16 heavy (non-hydrogen) atoms. The van der Waals surface area contributed by atoms with E-state index in [4.69, 9.17) is 5.11 Å². The van der Waals surface area contributed by atoms with E-state index in [1.54, 1.807) is 0 Å². The summed E-state index contributed by atoms with van der Waals surface area (Å²) in [6.45, 7) is 6.29. The highest BCUT2D eigenvalue weighted by Gasteiger charge is 2.15. The lowest BCUT2D eigenvalue weighted by atomic mass is 10.1. The Morgan fingerprint density at radius 3 is 2.69 bits per heavy atom. The summed E-state index contributed by atoms with van der Waals surface area (Å²) >= 11 is 1.29. The second kappa shape index (κ2) is 5.94. The predicted molar refractivity (Wildman–Crippen MR) is 64.9 cm³/mol. The average Bonchev–Trinajstić information content (AvgIpc) is 2.60. The minimum absolute atomic E-state index is 0.0661. The summed E-state index contributed by atoms with van der Waals surface area (Å²) < 4.78 is 2.15. The van der Waals surface area contributed by atoms with E-state index in [1.165, 1.54) is 11.8 Å². The predicted octanol–water partition coefficient (Wildman–Crippen LogP) is 2.73. The van der Waals surface area contributed by atoms with E-state index in [1.807, 2.05) is 13.1 Å². The van der Waals surface area contributed by atoms with Crippen molar-refractivity contribution in [3.63, 3.8) is 0 Å². The van der Waals surface area contributed by atoms with Crippen LogP contribution in [0.15, 0.2) is 11.4 Å². The Morgan fingerprint density at radius 1 is 1.56 bits per heavy atom. The van der Waals surface area contributed by atoms with Crippen molar-refractivity contribution in [2.75, 3.05) is 5.75 Å². The van der Waals surface area contributed by atoms with Gasteiger partial charge in [-0.25, -0.2) is 4.98 Å². The molecule has 4 nitrogen and oxygen atoms in total. The molecule has 0 amide bonds.